The van der Waals surface area contributed by atoms with Crippen LogP contribution in [-0.2, 0) is 32.5 Å². The van der Waals surface area contributed by atoms with Gasteiger partial charge >= 0.3 is 6.09 Å². The Morgan fingerprint density at radius 2 is 1.90 bits per heavy atom. The Hall–Kier alpha value is -2.54. The number of benzene rings is 2. The number of nitrogens with one attached hydrogen (secondary N) is 2. The summed E-state index contributed by atoms with van der Waals surface area (Å²) in [6.45, 7) is 6.42. The van der Waals surface area contributed by atoms with Crippen LogP contribution in [0.5, 0.6) is 0 Å². The zero-order valence-electron chi connectivity index (χ0n) is 24.0. The maximum atomic E-state index is 13.3. The number of fused-ring (bicyclic) bond motifs is 1. The molecule has 0 spiro atoms. The number of aliphatic hydroxyl groups is 2. The van der Waals surface area contributed by atoms with Gasteiger partial charge in [-0.05, 0) is 66.8 Å². The van der Waals surface area contributed by atoms with Crippen LogP contribution in [0.3, 0.4) is 0 Å². The highest BCUT2D eigenvalue weighted by Crippen LogP contribution is 2.37. The topological polar surface area (TPSA) is 137 Å². The minimum Gasteiger partial charge on any atom is -0.446 e. The number of sulfonamides is 1. The molecule has 2 unspecified atom stereocenters. The van der Waals surface area contributed by atoms with Crippen molar-refractivity contribution in [3.8, 4) is 0 Å². The third-order valence-corrected chi connectivity index (χ3v) is 9.16. The van der Waals surface area contributed by atoms with Crippen molar-refractivity contribution in [2.45, 2.75) is 82.3 Å². The van der Waals surface area contributed by atoms with Crippen molar-refractivity contribution in [2.24, 2.45) is 11.8 Å². The highest BCUT2D eigenvalue weighted by Gasteiger charge is 2.40. The summed E-state index contributed by atoms with van der Waals surface area (Å²) >= 11 is 0. The smallest absolute Gasteiger partial charge is 0.407 e. The number of alkyl carbamates (subject to hydrolysis) is 1. The van der Waals surface area contributed by atoms with Gasteiger partial charge in [-0.1, -0.05) is 50.2 Å². The number of aliphatic hydroxyl groups excluding tert-OH is 2. The molecule has 4 rings (SSSR count). The zero-order chi connectivity index (χ0) is 29.6. The Labute approximate surface area is 243 Å². The second-order valence-electron chi connectivity index (χ2n) is 11.6. The highest BCUT2D eigenvalue weighted by atomic mass is 32.2. The molecule has 0 bridgehead atoms. The molecule has 1 amide bonds. The van der Waals surface area contributed by atoms with Gasteiger partial charge in [-0.3, -0.25) is 0 Å². The standard InChI is InChI=1S/C30H43N3O7S/c1-20(2)17-33(32-41(37,38)26-10-9-21(3)24(15-26)19-34)18-28(35)27(13-22-7-5-4-6-8-22)31-30(36)40-25-14-23-11-12-39-29(23)16-25/h4-10,15,20,23,25,27-29,32,34-35H,11-14,16-19H2,1-3H3,(H,31,36)/t23?,25?,27-,28+,29+/m0/s1. The van der Waals surface area contributed by atoms with E-state index in [4.69, 9.17) is 9.47 Å². The SMILES string of the molecule is Cc1ccc(S(=O)(=O)NN(CC(C)C)C[C@@H](O)[C@H](Cc2ccccc2)NC(=O)OC2CC3CCO[C@@H]3C2)cc1CO. The lowest BCUT2D eigenvalue weighted by molar-refractivity contribution is 0.0457. The first kappa shape index (κ1) is 31.4. The molecule has 41 heavy (non-hydrogen) atoms. The minimum atomic E-state index is -4.00. The van der Waals surface area contributed by atoms with E-state index in [2.05, 4.69) is 10.1 Å². The van der Waals surface area contributed by atoms with E-state index in [1.54, 1.807) is 13.0 Å². The first-order valence-electron chi connectivity index (χ1n) is 14.3. The molecule has 0 radical (unpaired) electrons. The van der Waals surface area contributed by atoms with Crippen molar-refractivity contribution in [2.75, 3.05) is 19.7 Å². The summed E-state index contributed by atoms with van der Waals surface area (Å²) in [6.07, 6.45) is 0.920. The van der Waals surface area contributed by atoms with E-state index in [1.165, 1.54) is 17.1 Å². The maximum absolute atomic E-state index is 13.3. The van der Waals surface area contributed by atoms with E-state index < -0.39 is 28.3 Å². The van der Waals surface area contributed by atoms with Crippen LogP contribution in [0.15, 0.2) is 53.4 Å². The lowest BCUT2D eigenvalue weighted by atomic mass is 10.0. The molecule has 1 saturated heterocycles. The van der Waals surface area contributed by atoms with Gasteiger partial charge in [-0.15, -0.1) is 4.83 Å². The van der Waals surface area contributed by atoms with Crippen LogP contribution in [0.4, 0.5) is 4.79 Å². The third kappa shape index (κ3) is 8.73. The number of hydrazine groups is 1. The van der Waals surface area contributed by atoms with Crippen LogP contribution in [0, 0.1) is 18.8 Å². The largest absolute Gasteiger partial charge is 0.446 e. The van der Waals surface area contributed by atoms with E-state index in [9.17, 15) is 23.4 Å². The van der Waals surface area contributed by atoms with E-state index in [0.29, 0.717) is 30.9 Å². The molecule has 10 nitrogen and oxygen atoms in total. The van der Waals surface area contributed by atoms with Crippen molar-refractivity contribution >= 4 is 16.1 Å². The fraction of sp³-hybridized carbons (Fsp3) is 0.567. The minimum absolute atomic E-state index is 0.0169. The van der Waals surface area contributed by atoms with Crippen LogP contribution >= 0.6 is 0 Å². The third-order valence-electron chi connectivity index (χ3n) is 7.79. The van der Waals surface area contributed by atoms with Crippen molar-refractivity contribution < 1.29 is 32.9 Å². The van der Waals surface area contributed by atoms with Crippen molar-refractivity contribution in [3.05, 3.63) is 65.2 Å². The van der Waals surface area contributed by atoms with Crippen LogP contribution in [0.25, 0.3) is 0 Å². The summed E-state index contributed by atoms with van der Waals surface area (Å²) < 4.78 is 38.0. The Balaban J connectivity index is 1.46. The predicted molar refractivity (Wildman–Crippen MR) is 154 cm³/mol. The first-order chi connectivity index (χ1) is 19.5. The van der Waals surface area contributed by atoms with Crippen molar-refractivity contribution in [3.63, 3.8) is 0 Å². The molecule has 2 aromatic rings. The number of ether oxygens (including phenoxy) is 2. The maximum Gasteiger partial charge on any atom is 0.407 e. The molecule has 2 aromatic carbocycles. The molecule has 1 heterocycles. The van der Waals surface area contributed by atoms with Crippen LogP contribution < -0.4 is 10.1 Å². The van der Waals surface area contributed by atoms with Crippen LogP contribution in [-0.4, -0.2) is 73.8 Å². The number of amides is 1. The molecule has 5 atom stereocenters. The zero-order valence-corrected chi connectivity index (χ0v) is 24.8. The summed E-state index contributed by atoms with van der Waals surface area (Å²) in [5.41, 5.74) is 2.22. The number of hydrogen-bond acceptors (Lipinski definition) is 8. The Bertz CT molecular complexity index is 1250. The molecule has 1 aliphatic carbocycles. The Kier molecular flexibility index (Phi) is 10.8. The quantitative estimate of drug-likeness (QED) is 0.262. The highest BCUT2D eigenvalue weighted by molar-refractivity contribution is 7.89. The number of rotatable bonds is 13. The van der Waals surface area contributed by atoms with E-state index in [1.807, 2.05) is 44.2 Å². The lowest BCUT2D eigenvalue weighted by Crippen LogP contribution is -2.54. The Morgan fingerprint density at radius 3 is 2.59 bits per heavy atom. The van der Waals surface area contributed by atoms with Gasteiger partial charge in [0.05, 0.1) is 29.8 Å². The van der Waals surface area contributed by atoms with Gasteiger partial charge < -0.3 is 25.0 Å². The molecular weight excluding hydrogens is 546 g/mol. The summed E-state index contributed by atoms with van der Waals surface area (Å²) in [7, 11) is -4.00. The number of carbonyl (C=O) groups is 1. The number of aryl methyl sites for hydroxylation is 1. The number of hydrogen-bond donors (Lipinski definition) is 4. The van der Waals surface area contributed by atoms with Gasteiger partial charge in [0, 0.05) is 26.1 Å². The monoisotopic (exact) mass is 589 g/mol. The van der Waals surface area contributed by atoms with Crippen molar-refractivity contribution in [1.82, 2.24) is 15.2 Å². The van der Waals surface area contributed by atoms with Gasteiger partial charge in [-0.25, -0.2) is 18.2 Å². The van der Waals surface area contributed by atoms with Gasteiger partial charge in [0.25, 0.3) is 10.0 Å². The van der Waals surface area contributed by atoms with E-state index in [-0.39, 0.29) is 36.2 Å². The van der Waals surface area contributed by atoms with Gasteiger partial charge in [0.15, 0.2) is 0 Å². The fourth-order valence-corrected chi connectivity index (χ4v) is 6.79. The number of carbonyl (C=O) groups excluding carboxylic acids is 1. The van der Waals surface area contributed by atoms with Gasteiger partial charge in [0.1, 0.15) is 6.10 Å². The average molecular weight is 590 g/mol. The normalized spacial score (nSPS) is 22.1. The summed E-state index contributed by atoms with van der Waals surface area (Å²) in [4.78, 5) is 15.6. The van der Waals surface area contributed by atoms with Crippen LogP contribution in [0.1, 0.15) is 49.8 Å². The molecule has 11 heteroatoms. The molecule has 2 aliphatic rings. The first-order valence-corrected chi connectivity index (χ1v) is 15.8. The van der Waals surface area contributed by atoms with E-state index >= 15 is 0 Å². The van der Waals surface area contributed by atoms with Crippen molar-refractivity contribution in [1.29, 1.82) is 0 Å². The van der Waals surface area contributed by atoms with E-state index in [0.717, 1.165) is 30.6 Å². The second kappa shape index (κ2) is 14.1. The van der Waals surface area contributed by atoms with Gasteiger partial charge in [-0.2, -0.15) is 0 Å². The average Bonchev–Trinajstić information content (AvgIpc) is 3.50. The lowest BCUT2D eigenvalue weighted by Gasteiger charge is -2.31. The molecular formula is C30H43N3O7S. The molecule has 2 fully saturated rings. The summed E-state index contributed by atoms with van der Waals surface area (Å²) in [6, 6.07) is 13.3. The summed E-state index contributed by atoms with van der Waals surface area (Å²) in [5, 5.41) is 25.3. The molecule has 226 valence electrons. The molecule has 1 aliphatic heterocycles. The molecule has 1 saturated carbocycles. The van der Waals surface area contributed by atoms with Crippen LogP contribution in [0.2, 0.25) is 0 Å². The predicted octanol–water partition coefficient (Wildman–Crippen LogP) is 2.90. The molecule has 4 N–H and O–H groups in total. The number of nitrogens with zero attached hydrogens (tertiary/aromatic N) is 1. The molecule has 0 aromatic heterocycles. The summed E-state index contributed by atoms with van der Waals surface area (Å²) in [5.74, 6) is 0.489. The Morgan fingerprint density at radius 1 is 1.15 bits per heavy atom. The second-order valence-corrected chi connectivity index (χ2v) is 13.3. The van der Waals surface area contributed by atoms with Gasteiger partial charge in [0.2, 0.25) is 0 Å². The fourth-order valence-electron chi connectivity index (χ4n) is 5.65.